The van der Waals surface area contributed by atoms with Crippen LogP contribution in [0.4, 0.5) is 0 Å². The summed E-state index contributed by atoms with van der Waals surface area (Å²) in [6, 6.07) is 31.0. The molecule has 1 aromatic heterocycles. The Bertz CT molecular complexity index is 902. The van der Waals surface area contributed by atoms with Crippen LogP contribution in [0.15, 0.2) is 103 Å². The number of benzene rings is 3. The van der Waals surface area contributed by atoms with E-state index in [-0.39, 0.29) is 13.2 Å². The molecule has 0 spiro atoms. The molecule has 4 heteroatoms. The molecule has 140 valence electrons. The monoisotopic (exact) mass is 370 g/mol. The Balaban J connectivity index is 2.00. The van der Waals surface area contributed by atoms with Crippen LogP contribution in [-0.2, 0) is 5.54 Å². The Labute approximate surface area is 164 Å². The minimum Gasteiger partial charge on any atom is -0.488 e. The Morgan fingerprint density at radius 1 is 0.750 bits per heavy atom. The molecule has 0 atom stereocenters. The average molecular weight is 370 g/mol. The van der Waals surface area contributed by atoms with Crippen LogP contribution < -0.4 is 4.74 Å². The van der Waals surface area contributed by atoms with Gasteiger partial charge in [-0.25, -0.2) is 4.68 Å². The van der Waals surface area contributed by atoms with E-state index in [2.05, 4.69) is 41.5 Å². The summed E-state index contributed by atoms with van der Waals surface area (Å²) in [5.74, 6) is 0.626. The van der Waals surface area contributed by atoms with Crippen molar-refractivity contribution in [2.75, 3.05) is 13.2 Å². The summed E-state index contributed by atoms with van der Waals surface area (Å²) in [7, 11) is 0. The molecular formula is C24H22N2O2. The van der Waals surface area contributed by atoms with Gasteiger partial charge in [0.15, 0.2) is 5.75 Å². The summed E-state index contributed by atoms with van der Waals surface area (Å²) in [5.41, 5.74) is 2.66. The molecule has 0 aliphatic heterocycles. The first-order chi connectivity index (χ1) is 13.9. The molecule has 4 nitrogen and oxygen atoms in total. The summed E-state index contributed by atoms with van der Waals surface area (Å²) >= 11 is 0. The number of aliphatic hydroxyl groups is 1. The Kier molecular flexibility index (Phi) is 5.22. The highest BCUT2D eigenvalue weighted by Gasteiger charge is 2.39. The number of aliphatic hydroxyl groups excluding tert-OH is 1. The maximum atomic E-state index is 9.08. The van der Waals surface area contributed by atoms with Gasteiger partial charge in [0.2, 0.25) is 0 Å². The van der Waals surface area contributed by atoms with Gasteiger partial charge in [-0.15, -0.1) is 0 Å². The second-order valence-electron chi connectivity index (χ2n) is 6.50. The predicted octanol–water partition coefficient (Wildman–Crippen LogP) is 4.09. The lowest BCUT2D eigenvalue weighted by atomic mass is 9.77. The standard InChI is InChI=1S/C24H22N2O2/c27-16-17-28-23-18-25-26(19-23)24(20-10-4-1-5-11-20,21-12-6-2-7-13-21)22-14-8-3-9-15-22/h1-15,18-19,27H,16-17H2. The normalized spacial score (nSPS) is 11.3. The number of nitrogens with zero attached hydrogens (tertiary/aromatic N) is 2. The van der Waals surface area contributed by atoms with Gasteiger partial charge in [-0.1, -0.05) is 91.0 Å². The van der Waals surface area contributed by atoms with Crippen molar-refractivity contribution >= 4 is 0 Å². The first-order valence-electron chi connectivity index (χ1n) is 9.31. The maximum absolute atomic E-state index is 9.08. The molecule has 3 aromatic carbocycles. The molecule has 0 radical (unpaired) electrons. The SMILES string of the molecule is OCCOc1cnn(C(c2ccccc2)(c2ccccc2)c2ccccc2)c1. The lowest BCUT2D eigenvalue weighted by molar-refractivity contribution is 0.201. The number of aromatic nitrogens is 2. The fraction of sp³-hybridized carbons (Fsp3) is 0.125. The van der Waals surface area contributed by atoms with Crippen LogP contribution in [0.3, 0.4) is 0 Å². The second-order valence-corrected chi connectivity index (χ2v) is 6.50. The Morgan fingerprint density at radius 2 is 1.21 bits per heavy atom. The molecule has 0 unspecified atom stereocenters. The minimum atomic E-state index is -0.648. The maximum Gasteiger partial charge on any atom is 0.157 e. The van der Waals surface area contributed by atoms with E-state index in [1.165, 1.54) is 0 Å². The minimum absolute atomic E-state index is 0.0353. The number of rotatable bonds is 7. The van der Waals surface area contributed by atoms with Gasteiger partial charge in [-0.3, -0.25) is 0 Å². The fourth-order valence-electron chi connectivity index (χ4n) is 3.66. The summed E-state index contributed by atoms with van der Waals surface area (Å²) in [6.45, 7) is 0.201. The van der Waals surface area contributed by atoms with Crippen LogP contribution in [0.1, 0.15) is 16.7 Å². The van der Waals surface area contributed by atoms with Crippen LogP contribution >= 0.6 is 0 Å². The number of ether oxygens (including phenoxy) is 1. The third-order valence-corrected chi connectivity index (χ3v) is 4.84. The van der Waals surface area contributed by atoms with Crippen LogP contribution in [0, 0.1) is 0 Å². The summed E-state index contributed by atoms with van der Waals surface area (Å²) < 4.78 is 7.55. The summed E-state index contributed by atoms with van der Waals surface area (Å²) in [5, 5.41) is 13.8. The Morgan fingerprint density at radius 3 is 1.64 bits per heavy atom. The molecule has 0 bridgehead atoms. The van der Waals surface area contributed by atoms with Crippen molar-refractivity contribution in [3.05, 3.63) is 120 Å². The smallest absolute Gasteiger partial charge is 0.157 e. The molecule has 4 aromatic rings. The van der Waals surface area contributed by atoms with Crippen molar-refractivity contribution in [1.29, 1.82) is 0 Å². The van der Waals surface area contributed by atoms with Gasteiger partial charge in [-0.05, 0) is 16.7 Å². The van der Waals surface area contributed by atoms with Crippen molar-refractivity contribution < 1.29 is 9.84 Å². The van der Waals surface area contributed by atoms with Crippen LogP contribution in [0.25, 0.3) is 0 Å². The van der Waals surface area contributed by atoms with Gasteiger partial charge in [0.05, 0.1) is 19.0 Å². The number of hydrogen-bond acceptors (Lipinski definition) is 3. The highest BCUT2D eigenvalue weighted by Crippen LogP contribution is 2.40. The molecular weight excluding hydrogens is 348 g/mol. The van der Waals surface area contributed by atoms with Crippen molar-refractivity contribution in [3.63, 3.8) is 0 Å². The van der Waals surface area contributed by atoms with Gasteiger partial charge in [0.1, 0.15) is 12.1 Å². The summed E-state index contributed by atoms with van der Waals surface area (Å²) in [4.78, 5) is 0. The van der Waals surface area contributed by atoms with Gasteiger partial charge in [0, 0.05) is 0 Å². The molecule has 0 saturated heterocycles. The first kappa shape index (κ1) is 18.0. The van der Waals surface area contributed by atoms with E-state index in [1.54, 1.807) is 6.20 Å². The van der Waals surface area contributed by atoms with E-state index in [9.17, 15) is 0 Å². The van der Waals surface area contributed by atoms with E-state index in [0.717, 1.165) is 16.7 Å². The predicted molar refractivity (Wildman–Crippen MR) is 109 cm³/mol. The molecule has 0 saturated carbocycles. The van der Waals surface area contributed by atoms with E-state index >= 15 is 0 Å². The van der Waals surface area contributed by atoms with Crippen molar-refractivity contribution in [2.24, 2.45) is 0 Å². The molecule has 0 amide bonds. The van der Waals surface area contributed by atoms with Crippen LogP contribution in [0.5, 0.6) is 5.75 Å². The highest BCUT2D eigenvalue weighted by molar-refractivity contribution is 5.50. The van der Waals surface area contributed by atoms with Gasteiger partial charge in [0.25, 0.3) is 0 Å². The van der Waals surface area contributed by atoms with Crippen molar-refractivity contribution in [1.82, 2.24) is 9.78 Å². The lowest BCUT2D eigenvalue weighted by Crippen LogP contribution is -2.38. The molecule has 1 N–H and O–H groups in total. The quantitative estimate of drug-likeness (QED) is 0.498. The van der Waals surface area contributed by atoms with Gasteiger partial charge in [-0.2, -0.15) is 5.10 Å². The molecule has 0 aliphatic rings. The molecule has 4 rings (SSSR count). The largest absolute Gasteiger partial charge is 0.488 e. The zero-order chi connectivity index (χ0) is 19.2. The van der Waals surface area contributed by atoms with E-state index in [1.807, 2.05) is 65.5 Å². The third-order valence-electron chi connectivity index (χ3n) is 4.84. The third kappa shape index (κ3) is 3.19. The fourth-order valence-corrected chi connectivity index (χ4v) is 3.66. The molecule has 28 heavy (non-hydrogen) atoms. The second kappa shape index (κ2) is 8.11. The zero-order valence-electron chi connectivity index (χ0n) is 15.5. The number of hydrogen-bond donors (Lipinski definition) is 1. The molecule has 0 fully saturated rings. The molecule has 0 aliphatic carbocycles. The first-order valence-corrected chi connectivity index (χ1v) is 9.31. The van der Waals surface area contributed by atoms with E-state index in [4.69, 9.17) is 9.84 Å². The van der Waals surface area contributed by atoms with E-state index in [0.29, 0.717) is 5.75 Å². The van der Waals surface area contributed by atoms with Gasteiger partial charge >= 0.3 is 0 Å². The topological polar surface area (TPSA) is 47.3 Å². The summed E-state index contributed by atoms with van der Waals surface area (Å²) in [6.07, 6.45) is 3.59. The van der Waals surface area contributed by atoms with Crippen molar-refractivity contribution in [3.8, 4) is 5.75 Å². The Hall–Kier alpha value is -3.37. The van der Waals surface area contributed by atoms with Crippen molar-refractivity contribution in [2.45, 2.75) is 5.54 Å². The highest BCUT2D eigenvalue weighted by atomic mass is 16.5. The molecule has 1 heterocycles. The van der Waals surface area contributed by atoms with E-state index < -0.39 is 5.54 Å². The average Bonchev–Trinajstić information content (AvgIpc) is 3.24. The van der Waals surface area contributed by atoms with Crippen LogP contribution in [-0.4, -0.2) is 28.1 Å². The van der Waals surface area contributed by atoms with Crippen LogP contribution in [0.2, 0.25) is 0 Å². The zero-order valence-corrected chi connectivity index (χ0v) is 15.5. The van der Waals surface area contributed by atoms with Gasteiger partial charge < -0.3 is 9.84 Å². The lowest BCUT2D eigenvalue weighted by Gasteiger charge is -2.36.